The van der Waals surface area contributed by atoms with Crippen LogP contribution in [0.2, 0.25) is 0 Å². The van der Waals surface area contributed by atoms with Crippen LogP contribution < -0.4 is 10.1 Å². The van der Waals surface area contributed by atoms with Crippen molar-refractivity contribution in [3.8, 4) is 5.75 Å². The molecule has 138 valence electrons. The van der Waals surface area contributed by atoms with Crippen LogP contribution in [0.5, 0.6) is 5.75 Å². The van der Waals surface area contributed by atoms with Crippen LogP contribution >= 0.6 is 0 Å². The molecule has 0 saturated carbocycles. The summed E-state index contributed by atoms with van der Waals surface area (Å²) in [6.07, 6.45) is 0.547. The standard InChI is InChI=1S/C21H25NO4/c1-15(2)20(16-7-4-3-5-8-16)21(25)22-17-10-12-18(13-11-17)26-14-6-9-19(23)24/h3-5,7-8,10-13,15,20H,6,9,14H2,1-2H3,(H,22,25)(H,23,24). The minimum absolute atomic E-state index is 0.0404. The topological polar surface area (TPSA) is 75.6 Å². The highest BCUT2D eigenvalue weighted by atomic mass is 16.5. The molecule has 0 aliphatic carbocycles. The SMILES string of the molecule is CC(C)C(C(=O)Nc1ccc(OCCCC(=O)O)cc1)c1ccccc1. The van der Waals surface area contributed by atoms with Gasteiger partial charge in [-0.2, -0.15) is 0 Å². The van der Waals surface area contributed by atoms with Crippen LogP contribution in [-0.4, -0.2) is 23.6 Å². The van der Waals surface area contributed by atoms with Gasteiger partial charge in [0.2, 0.25) is 5.91 Å². The Morgan fingerprint density at radius 2 is 1.69 bits per heavy atom. The number of ether oxygens (including phenoxy) is 1. The van der Waals surface area contributed by atoms with Crippen molar-refractivity contribution in [2.24, 2.45) is 5.92 Å². The average Bonchev–Trinajstić information content (AvgIpc) is 2.60. The summed E-state index contributed by atoms with van der Waals surface area (Å²) in [5.41, 5.74) is 1.70. The van der Waals surface area contributed by atoms with Gasteiger partial charge in [-0.15, -0.1) is 0 Å². The lowest BCUT2D eigenvalue weighted by atomic mass is 9.87. The minimum Gasteiger partial charge on any atom is -0.494 e. The van der Waals surface area contributed by atoms with Crippen LogP contribution in [0.4, 0.5) is 5.69 Å². The van der Waals surface area contributed by atoms with Gasteiger partial charge in [-0.3, -0.25) is 9.59 Å². The first kappa shape index (κ1) is 19.5. The molecule has 0 spiro atoms. The summed E-state index contributed by atoms with van der Waals surface area (Å²) in [4.78, 5) is 23.2. The number of carboxylic acid groups (broad SMARTS) is 1. The van der Waals surface area contributed by atoms with E-state index in [-0.39, 0.29) is 24.2 Å². The molecular weight excluding hydrogens is 330 g/mol. The van der Waals surface area contributed by atoms with E-state index in [9.17, 15) is 9.59 Å². The maximum Gasteiger partial charge on any atom is 0.303 e. The zero-order valence-electron chi connectivity index (χ0n) is 15.1. The van der Waals surface area contributed by atoms with Gasteiger partial charge in [0.25, 0.3) is 0 Å². The van der Waals surface area contributed by atoms with E-state index in [0.29, 0.717) is 24.5 Å². The van der Waals surface area contributed by atoms with E-state index in [2.05, 4.69) is 5.32 Å². The average molecular weight is 355 g/mol. The molecule has 26 heavy (non-hydrogen) atoms. The first-order valence-corrected chi connectivity index (χ1v) is 8.78. The van der Waals surface area contributed by atoms with E-state index in [1.54, 1.807) is 24.3 Å². The van der Waals surface area contributed by atoms with Crippen LogP contribution in [0, 0.1) is 5.92 Å². The third kappa shape index (κ3) is 5.92. The number of aliphatic carboxylic acids is 1. The number of anilines is 1. The molecular formula is C21H25NO4. The van der Waals surface area contributed by atoms with Gasteiger partial charge in [0.15, 0.2) is 0 Å². The van der Waals surface area contributed by atoms with Gasteiger partial charge in [0, 0.05) is 12.1 Å². The number of hydrogen-bond donors (Lipinski definition) is 2. The molecule has 1 atom stereocenters. The highest BCUT2D eigenvalue weighted by Gasteiger charge is 2.24. The van der Waals surface area contributed by atoms with Crippen LogP contribution in [0.15, 0.2) is 54.6 Å². The second-order valence-corrected chi connectivity index (χ2v) is 6.49. The highest BCUT2D eigenvalue weighted by Crippen LogP contribution is 2.26. The smallest absolute Gasteiger partial charge is 0.303 e. The van der Waals surface area contributed by atoms with Crippen LogP contribution in [-0.2, 0) is 9.59 Å². The van der Waals surface area contributed by atoms with Gasteiger partial charge < -0.3 is 15.2 Å². The van der Waals surface area contributed by atoms with Gasteiger partial charge in [-0.1, -0.05) is 44.2 Å². The Hall–Kier alpha value is -2.82. The normalized spacial score (nSPS) is 11.8. The van der Waals surface area contributed by atoms with Gasteiger partial charge in [0.05, 0.1) is 12.5 Å². The number of carbonyl (C=O) groups excluding carboxylic acids is 1. The Kier molecular flexibility index (Phi) is 7.21. The lowest BCUT2D eigenvalue weighted by molar-refractivity contribution is -0.137. The molecule has 0 heterocycles. The lowest BCUT2D eigenvalue weighted by Gasteiger charge is -2.21. The first-order valence-electron chi connectivity index (χ1n) is 8.78. The fourth-order valence-corrected chi connectivity index (χ4v) is 2.77. The lowest BCUT2D eigenvalue weighted by Crippen LogP contribution is -2.25. The van der Waals surface area contributed by atoms with Crippen molar-refractivity contribution < 1.29 is 19.4 Å². The second kappa shape index (κ2) is 9.61. The number of rotatable bonds is 9. The van der Waals surface area contributed by atoms with Crippen LogP contribution in [0.25, 0.3) is 0 Å². The van der Waals surface area contributed by atoms with Crippen molar-refractivity contribution in [1.82, 2.24) is 0 Å². The Balaban J connectivity index is 1.94. The van der Waals surface area contributed by atoms with Gasteiger partial charge >= 0.3 is 5.97 Å². The third-order valence-electron chi connectivity index (χ3n) is 4.03. The number of hydrogen-bond acceptors (Lipinski definition) is 3. The van der Waals surface area contributed by atoms with Crippen molar-refractivity contribution in [2.45, 2.75) is 32.6 Å². The van der Waals surface area contributed by atoms with E-state index in [0.717, 1.165) is 5.56 Å². The molecule has 2 aromatic rings. The maximum atomic E-state index is 12.7. The Labute approximate surface area is 154 Å². The molecule has 2 N–H and O–H groups in total. The Morgan fingerprint density at radius 1 is 1.04 bits per heavy atom. The molecule has 0 saturated heterocycles. The summed E-state index contributed by atoms with van der Waals surface area (Å²) in [7, 11) is 0. The summed E-state index contributed by atoms with van der Waals surface area (Å²) in [5, 5.41) is 11.6. The monoisotopic (exact) mass is 355 g/mol. The molecule has 0 fully saturated rings. The van der Waals surface area contributed by atoms with Gasteiger partial charge in [-0.05, 0) is 42.2 Å². The predicted octanol–water partition coefficient (Wildman–Crippen LogP) is 4.31. The van der Waals surface area contributed by atoms with E-state index in [1.165, 1.54) is 0 Å². The quantitative estimate of drug-likeness (QED) is 0.657. The van der Waals surface area contributed by atoms with Gasteiger partial charge in [0.1, 0.15) is 5.75 Å². The molecule has 0 aliphatic rings. The maximum absolute atomic E-state index is 12.7. The van der Waals surface area contributed by atoms with E-state index in [1.807, 2.05) is 44.2 Å². The zero-order valence-corrected chi connectivity index (χ0v) is 15.1. The van der Waals surface area contributed by atoms with Gasteiger partial charge in [-0.25, -0.2) is 0 Å². The molecule has 0 aromatic heterocycles. The van der Waals surface area contributed by atoms with E-state index in [4.69, 9.17) is 9.84 Å². The molecule has 5 heteroatoms. The number of carbonyl (C=O) groups is 2. The predicted molar refractivity (Wildman–Crippen MR) is 101 cm³/mol. The summed E-state index contributed by atoms with van der Waals surface area (Å²) in [6, 6.07) is 16.9. The summed E-state index contributed by atoms with van der Waals surface area (Å²) >= 11 is 0. The number of benzene rings is 2. The van der Waals surface area contributed by atoms with E-state index >= 15 is 0 Å². The second-order valence-electron chi connectivity index (χ2n) is 6.49. The number of nitrogens with one attached hydrogen (secondary N) is 1. The minimum atomic E-state index is -0.829. The van der Waals surface area contributed by atoms with Crippen molar-refractivity contribution in [3.63, 3.8) is 0 Å². The van der Waals surface area contributed by atoms with Crippen LogP contribution in [0.3, 0.4) is 0 Å². The van der Waals surface area contributed by atoms with Crippen molar-refractivity contribution >= 4 is 17.6 Å². The molecule has 1 amide bonds. The molecule has 2 rings (SSSR count). The zero-order chi connectivity index (χ0) is 18.9. The molecule has 2 aromatic carbocycles. The van der Waals surface area contributed by atoms with Crippen LogP contribution in [0.1, 0.15) is 38.2 Å². The van der Waals surface area contributed by atoms with Crippen molar-refractivity contribution in [2.75, 3.05) is 11.9 Å². The number of amides is 1. The fraction of sp³-hybridized carbons (Fsp3) is 0.333. The fourth-order valence-electron chi connectivity index (χ4n) is 2.77. The highest BCUT2D eigenvalue weighted by molar-refractivity contribution is 5.96. The number of carboxylic acids is 1. The molecule has 1 unspecified atom stereocenters. The molecule has 0 radical (unpaired) electrons. The third-order valence-corrected chi connectivity index (χ3v) is 4.03. The molecule has 0 aliphatic heterocycles. The van der Waals surface area contributed by atoms with E-state index < -0.39 is 5.97 Å². The molecule has 0 bridgehead atoms. The summed E-state index contributed by atoms with van der Waals surface area (Å²) < 4.78 is 5.50. The molecule has 5 nitrogen and oxygen atoms in total. The summed E-state index contributed by atoms with van der Waals surface area (Å²) in [6.45, 7) is 4.41. The first-order chi connectivity index (χ1) is 12.5. The Bertz CT molecular complexity index is 711. The Morgan fingerprint density at radius 3 is 2.27 bits per heavy atom. The largest absolute Gasteiger partial charge is 0.494 e. The van der Waals surface area contributed by atoms with Crippen molar-refractivity contribution in [1.29, 1.82) is 0 Å². The summed E-state index contributed by atoms with van der Waals surface area (Å²) in [5.74, 6) is -0.264. The van der Waals surface area contributed by atoms with Crippen molar-refractivity contribution in [3.05, 3.63) is 60.2 Å².